The molecule has 1 aliphatic rings. The Bertz CT molecular complexity index is 539. The first-order chi connectivity index (χ1) is 8.47. The third kappa shape index (κ3) is 2.32. The molecule has 0 spiro atoms. The standard InChI is InChI=1S/C13H19NO3S/c1-4-18(15,16)14-9-10(2)7-11-5-6-12(17-3)8-13(11)14/h5-6,8,10H,4,7,9H2,1-3H3. The molecule has 100 valence electrons. The molecule has 0 saturated heterocycles. The lowest BCUT2D eigenvalue weighted by atomic mass is 9.95. The van der Waals surface area contributed by atoms with E-state index in [1.165, 1.54) is 4.31 Å². The van der Waals surface area contributed by atoms with E-state index in [0.29, 0.717) is 18.2 Å². The second-order valence-corrected chi connectivity index (χ2v) is 6.92. The molecule has 0 N–H and O–H groups in total. The summed E-state index contributed by atoms with van der Waals surface area (Å²) in [6.07, 6.45) is 0.912. The summed E-state index contributed by atoms with van der Waals surface area (Å²) >= 11 is 0. The van der Waals surface area contributed by atoms with Crippen molar-refractivity contribution in [2.45, 2.75) is 20.3 Å². The van der Waals surface area contributed by atoms with Gasteiger partial charge in [0.15, 0.2) is 0 Å². The lowest BCUT2D eigenvalue weighted by molar-refractivity contribution is 0.414. The molecule has 18 heavy (non-hydrogen) atoms. The molecule has 0 saturated carbocycles. The monoisotopic (exact) mass is 269 g/mol. The van der Waals surface area contributed by atoms with Gasteiger partial charge in [-0.05, 0) is 30.9 Å². The van der Waals surface area contributed by atoms with Crippen LogP contribution >= 0.6 is 0 Å². The van der Waals surface area contributed by atoms with Crippen molar-refractivity contribution in [1.82, 2.24) is 0 Å². The Balaban J connectivity index is 2.52. The van der Waals surface area contributed by atoms with E-state index in [1.54, 1.807) is 14.0 Å². The molecule has 0 aromatic heterocycles. The molecule has 1 aliphatic heterocycles. The zero-order valence-corrected chi connectivity index (χ0v) is 11.8. The third-order valence-electron chi connectivity index (χ3n) is 3.31. The molecule has 0 amide bonds. The van der Waals surface area contributed by atoms with Crippen LogP contribution in [0.1, 0.15) is 19.4 Å². The maximum Gasteiger partial charge on any atom is 0.234 e. The van der Waals surface area contributed by atoms with Crippen LogP contribution in [-0.2, 0) is 16.4 Å². The van der Waals surface area contributed by atoms with Crippen molar-refractivity contribution in [3.8, 4) is 5.75 Å². The molecular weight excluding hydrogens is 250 g/mol. The average Bonchev–Trinajstić information content (AvgIpc) is 2.37. The van der Waals surface area contributed by atoms with Gasteiger partial charge in [0, 0.05) is 12.6 Å². The van der Waals surface area contributed by atoms with E-state index in [0.717, 1.165) is 17.7 Å². The molecular formula is C13H19NO3S. The molecule has 1 heterocycles. The quantitative estimate of drug-likeness (QED) is 0.843. The predicted molar refractivity (Wildman–Crippen MR) is 72.7 cm³/mol. The second kappa shape index (κ2) is 4.80. The average molecular weight is 269 g/mol. The second-order valence-electron chi connectivity index (χ2n) is 4.74. The first kappa shape index (κ1) is 13.2. The van der Waals surface area contributed by atoms with Crippen LogP contribution in [0, 0.1) is 5.92 Å². The van der Waals surface area contributed by atoms with Gasteiger partial charge in [0.25, 0.3) is 0 Å². The Labute approximate surface area is 109 Å². The van der Waals surface area contributed by atoms with Crippen LogP contribution in [-0.4, -0.2) is 27.8 Å². The van der Waals surface area contributed by atoms with Crippen LogP contribution in [0.4, 0.5) is 5.69 Å². The zero-order chi connectivity index (χ0) is 13.3. The SMILES string of the molecule is CCS(=O)(=O)N1CC(C)Cc2ccc(OC)cc21. The van der Waals surface area contributed by atoms with Gasteiger partial charge in [-0.3, -0.25) is 4.31 Å². The molecule has 1 aromatic carbocycles. The van der Waals surface area contributed by atoms with Gasteiger partial charge in [-0.25, -0.2) is 8.42 Å². The molecule has 2 rings (SSSR count). The number of hydrogen-bond acceptors (Lipinski definition) is 3. The number of hydrogen-bond donors (Lipinski definition) is 0. The Morgan fingerprint density at radius 1 is 1.44 bits per heavy atom. The highest BCUT2D eigenvalue weighted by molar-refractivity contribution is 7.92. The van der Waals surface area contributed by atoms with Crippen LogP contribution in [0.3, 0.4) is 0 Å². The summed E-state index contributed by atoms with van der Waals surface area (Å²) < 4.78 is 31.0. The Hall–Kier alpha value is -1.23. The minimum Gasteiger partial charge on any atom is -0.497 e. The van der Waals surface area contributed by atoms with Crippen LogP contribution in [0.5, 0.6) is 5.75 Å². The topological polar surface area (TPSA) is 46.6 Å². The number of sulfonamides is 1. The van der Waals surface area contributed by atoms with Crippen molar-refractivity contribution in [1.29, 1.82) is 0 Å². The fraction of sp³-hybridized carbons (Fsp3) is 0.538. The summed E-state index contributed by atoms with van der Waals surface area (Å²) in [6.45, 7) is 4.30. The minimum absolute atomic E-state index is 0.121. The van der Waals surface area contributed by atoms with Gasteiger partial charge >= 0.3 is 0 Å². The molecule has 1 unspecified atom stereocenters. The van der Waals surface area contributed by atoms with Gasteiger partial charge in [-0.2, -0.15) is 0 Å². The van der Waals surface area contributed by atoms with Crippen molar-refractivity contribution in [2.75, 3.05) is 23.7 Å². The van der Waals surface area contributed by atoms with E-state index < -0.39 is 10.0 Å². The molecule has 5 heteroatoms. The fourth-order valence-electron chi connectivity index (χ4n) is 2.32. The predicted octanol–water partition coefficient (Wildman–Crippen LogP) is 2.04. The highest BCUT2D eigenvalue weighted by Crippen LogP contribution is 2.34. The molecule has 1 aromatic rings. The fourth-order valence-corrected chi connectivity index (χ4v) is 3.58. The summed E-state index contributed by atoms with van der Waals surface area (Å²) in [5.41, 5.74) is 1.85. The third-order valence-corrected chi connectivity index (χ3v) is 5.05. The van der Waals surface area contributed by atoms with Gasteiger partial charge in [-0.1, -0.05) is 13.0 Å². The van der Waals surface area contributed by atoms with E-state index in [-0.39, 0.29) is 5.75 Å². The number of benzene rings is 1. The smallest absolute Gasteiger partial charge is 0.234 e. The molecule has 1 atom stereocenters. The summed E-state index contributed by atoms with van der Waals surface area (Å²) in [5.74, 6) is 1.16. The van der Waals surface area contributed by atoms with E-state index in [4.69, 9.17) is 4.74 Å². The molecule has 0 bridgehead atoms. The number of methoxy groups -OCH3 is 1. The summed E-state index contributed by atoms with van der Waals surface area (Å²) in [7, 11) is -1.63. The molecule has 0 aliphatic carbocycles. The van der Waals surface area contributed by atoms with Gasteiger partial charge in [0.1, 0.15) is 5.75 Å². The minimum atomic E-state index is -3.21. The summed E-state index contributed by atoms with van der Waals surface area (Å²) in [5, 5.41) is 0. The summed E-state index contributed by atoms with van der Waals surface area (Å²) in [6, 6.07) is 5.66. The molecule has 4 nitrogen and oxygen atoms in total. The van der Waals surface area contributed by atoms with Crippen molar-refractivity contribution < 1.29 is 13.2 Å². The highest BCUT2D eigenvalue weighted by Gasteiger charge is 2.29. The number of nitrogens with zero attached hydrogens (tertiary/aromatic N) is 1. The van der Waals surface area contributed by atoms with Crippen molar-refractivity contribution >= 4 is 15.7 Å². The zero-order valence-electron chi connectivity index (χ0n) is 11.0. The maximum atomic E-state index is 12.1. The van der Waals surface area contributed by atoms with Gasteiger partial charge in [-0.15, -0.1) is 0 Å². The first-order valence-corrected chi connectivity index (χ1v) is 7.76. The van der Waals surface area contributed by atoms with Crippen LogP contribution in [0.25, 0.3) is 0 Å². The Morgan fingerprint density at radius 2 is 2.17 bits per heavy atom. The normalized spacial score (nSPS) is 19.5. The van der Waals surface area contributed by atoms with E-state index >= 15 is 0 Å². The van der Waals surface area contributed by atoms with E-state index in [2.05, 4.69) is 6.92 Å². The number of anilines is 1. The number of rotatable bonds is 3. The van der Waals surface area contributed by atoms with E-state index in [1.807, 2.05) is 18.2 Å². The van der Waals surface area contributed by atoms with E-state index in [9.17, 15) is 8.42 Å². The lowest BCUT2D eigenvalue weighted by Crippen LogP contribution is -2.40. The van der Waals surface area contributed by atoms with Crippen LogP contribution in [0.15, 0.2) is 18.2 Å². The van der Waals surface area contributed by atoms with Gasteiger partial charge < -0.3 is 4.74 Å². The van der Waals surface area contributed by atoms with Crippen molar-refractivity contribution in [3.63, 3.8) is 0 Å². The maximum absolute atomic E-state index is 12.1. The largest absolute Gasteiger partial charge is 0.497 e. The first-order valence-electron chi connectivity index (χ1n) is 6.15. The lowest BCUT2D eigenvalue weighted by Gasteiger charge is -2.33. The van der Waals surface area contributed by atoms with Gasteiger partial charge in [0.05, 0.1) is 18.6 Å². The highest BCUT2D eigenvalue weighted by atomic mass is 32.2. The number of ether oxygens (including phenoxy) is 1. The Kier molecular flexibility index (Phi) is 3.52. The molecule has 0 fully saturated rings. The molecule has 0 radical (unpaired) electrons. The van der Waals surface area contributed by atoms with Crippen molar-refractivity contribution in [2.24, 2.45) is 5.92 Å². The number of fused-ring (bicyclic) bond motifs is 1. The van der Waals surface area contributed by atoms with Crippen molar-refractivity contribution in [3.05, 3.63) is 23.8 Å². The van der Waals surface area contributed by atoms with Crippen LogP contribution < -0.4 is 9.04 Å². The summed E-state index contributed by atoms with van der Waals surface area (Å²) in [4.78, 5) is 0. The van der Waals surface area contributed by atoms with Crippen LogP contribution in [0.2, 0.25) is 0 Å². The van der Waals surface area contributed by atoms with Gasteiger partial charge in [0.2, 0.25) is 10.0 Å². The Morgan fingerprint density at radius 3 is 2.78 bits per heavy atom.